The van der Waals surface area contributed by atoms with E-state index in [-0.39, 0.29) is 17.8 Å². The molecule has 2 rings (SSSR count). The second-order valence-corrected chi connectivity index (χ2v) is 5.17. The van der Waals surface area contributed by atoms with Gasteiger partial charge in [0, 0.05) is 25.2 Å². The van der Waals surface area contributed by atoms with Crippen LogP contribution in [0.15, 0.2) is 6.20 Å². The quantitative estimate of drug-likeness (QED) is 0.743. The van der Waals surface area contributed by atoms with Gasteiger partial charge in [0.1, 0.15) is 0 Å². The number of rotatable bonds is 1. The molecule has 2 heterocycles. The molecule has 0 bridgehead atoms. The molecule has 0 aliphatic carbocycles. The number of nitrogens with two attached hydrogens (primary N) is 1. The van der Waals surface area contributed by atoms with Crippen molar-refractivity contribution in [2.45, 2.75) is 26.4 Å². The number of anilines is 1. The lowest BCUT2D eigenvalue weighted by molar-refractivity contribution is 0.0351. The maximum atomic E-state index is 12.3. The van der Waals surface area contributed by atoms with Gasteiger partial charge in [-0.25, -0.2) is 9.97 Å². The van der Waals surface area contributed by atoms with Gasteiger partial charge in [0.2, 0.25) is 5.95 Å². The minimum absolute atomic E-state index is 0.0523. The fourth-order valence-corrected chi connectivity index (χ4v) is 2.15. The molecule has 18 heavy (non-hydrogen) atoms. The number of carbonyl (C=O) groups is 1. The summed E-state index contributed by atoms with van der Waals surface area (Å²) in [6, 6.07) is 0. The van der Waals surface area contributed by atoms with Crippen molar-refractivity contribution in [2.75, 3.05) is 18.8 Å². The van der Waals surface area contributed by atoms with E-state index in [2.05, 4.69) is 9.97 Å². The molecule has 1 amide bonds. The van der Waals surface area contributed by atoms with E-state index in [1.54, 1.807) is 18.7 Å². The van der Waals surface area contributed by atoms with Crippen LogP contribution in [0.4, 0.5) is 5.95 Å². The van der Waals surface area contributed by atoms with Gasteiger partial charge in [0.05, 0.1) is 16.9 Å². The summed E-state index contributed by atoms with van der Waals surface area (Å²) < 4.78 is 0. The Morgan fingerprint density at radius 1 is 1.67 bits per heavy atom. The van der Waals surface area contributed by atoms with Crippen molar-refractivity contribution >= 4 is 11.9 Å². The minimum atomic E-state index is -0.835. The molecule has 3 N–H and O–H groups in total. The maximum Gasteiger partial charge on any atom is 0.257 e. The molecular weight excluding hydrogens is 232 g/mol. The maximum absolute atomic E-state index is 12.3. The lowest BCUT2D eigenvalue weighted by atomic mass is 9.95. The molecule has 1 aliphatic heterocycles. The Kier molecular flexibility index (Phi) is 2.98. The Morgan fingerprint density at radius 3 is 2.83 bits per heavy atom. The third-order valence-corrected chi connectivity index (χ3v) is 3.58. The summed E-state index contributed by atoms with van der Waals surface area (Å²) in [6.45, 7) is 6.27. The molecule has 0 spiro atoms. The van der Waals surface area contributed by atoms with Crippen molar-refractivity contribution in [1.29, 1.82) is 0 Å². The number of nitrogens with zero attached hydrogens (tertiary/aromatic N) is 3. The molecule has 6 heteroatoms. The van der Waals surface area contributed by atoms with Crippen LogP contribution < -0.4 is 5.73 Å². The van der Waals surface area contributed by atoms with Crippen LogP contribution in [0.5, 0.6) is 0 Å². The van der Waals surface area contributed by atoms with Crippen LogP contribution in [-0.4, -0.2) is 44.6 Å². The summed E-state index contributed by atoms with van der Waals surface area (Å²) in [7, 11) is 0. The number of hydrogen-bond acceptors (Lipinski definition) is 5. The summed E-state index contributed by atoms with van der Waals surface area (Å²) in [5, 5.41) is 10.1. The van der Waals surface area contributed by atoms with Crippen LogP contribution in [-0.2, 0) is 0 Å². The SMILES string of the molecule is Cc1nc(N)ncc1C(=O)N1C[C@@H](C)[C@@](C)(O)C1. The molecule has 98 valence electrons. The monoisotopic (exact) mass is 250 g/mol. The predicted octanol–water partition coefficient (Wildman–Crippen LogP) is 0.210. The Balaban J connectivity index is 2.23. The summed E-state index contributed by atoms with van der Waals surface area (Å²) >= 11 is 0. The molecule has 0 radical (unpaired) electrons. The first-order chi connectivity index (χ1) is 8.31. The third-order valence-electron chi connectivity index (χ3n) is 3.58. The number of β-amino-alcohol motifs (C(OH)–C–C–N with tert-alkyl or cyclic N) is 1. The Labute approximate surface area is 106 Å². The fraction of sp³-hybridized carbons (Fsp3) is 0.583. The number of aromatic nitrogens is 2. The summed E-state index contributed by atoms with van der Waals surface area (Å²) in [4.78, 5) is 21.8. The first-order valence-corrected chi connectivity index (χ1v) is 5.92. The lowest BCUT2D eigenvalue weighted by Crippen LogP contribution is -2.35. The van der Waals surface area contributed by atoms with Gasteiger partial charge in [-0.3, -0.25) is 4.79 Å². The number of carbonyl (C=O) groups excluding carboxylic acids is 1. The van der Waals surface area contributed by atoms with Crippen molar-refractivity contribution in [3.63, 3.8) is 0 Å². The van der Waals surface area contributed by atoms with Gasteiger partial charge >= 0.3 is 0 Å². The number of aliphatic hydroxyl groups is 1. The van der Waals surface area contributed by atoms with Gasteiger partial charge in [-0.1, -0.05) is 6.92 Å². The molecule has 6 nitrogen and oxygen atoms in total. The summed E-state index contributed by atoms with van der Waals surface area (Å²) in [6.07, 6.45) is 1.44. The van der Waals surface area contributed by atoms with Crippen LogP contribution in [0.2, 0.25) is 0 Å². The molecule has 0 unspecified atom stereocenters. The van der Waals surface area contributed by atoms with Crippen molar-refractivity contribution < 1.29 is 9.90 Å². The average Bonchev–Trinajstić information content (AvgIpc) is 2.53. The number of amides is 1. The number of hydrogen-bond donors (Lipinski definition) is 2. The normalized spacial score (nSPS) is 27.6. The van der Waals surface area contributed by atoms with E-state index >= 15 is 0 Å². The summed E-state index contributed by atoms with van der Waals surface area (Å²) in [5.74, 6) is 0.0550. The van der Waals surface area contributed by atoms with Gasteiger partial charge in [-0.05, 0) is 13.8 Å². The molecule has 1 aliphatic rings. The highest BCUT2D eigenvalue weighted by atomic mass is 16.3. The third kappa shape index (κ3) is 2.15. The second-order valence-electron chi connectivity index (χ2n) is 5.17. The molecule has 0 aromatic carbocycles. The first kappa shape index (κ1) is 12.8. The van der Waals surface area contributed by atoms with Gasteiger partial charge in [-0.15, -0.1) is 0 Å². The van der Waals surface area contributed by atoms with E-state index in [1.165, 1.54) is 6.20 Å². The molecule has 0 saturated carbocycles. The Morgan fingerprint density at radius 2 is 2.33 bits per heavy atom. The Bertz CT molecular complexity index is 487. The zero-order valence-electron chi connectivity index (χ0n) is 10.8. The highest BCUT2D eigenvalue weighted by molar-refractivity contribution is 5.95. The molecule has 1 fully saturated rings. The smallest absolute Gasteiger partial charge is 0.257 e. The molecule has 1 aromatic rings. The molecule has 1 aromatic heterocycles. The van der Waals surface area contributed by atoms with Crippen molar-refractivity contribution in [3.8, 4) is 0 Å². The van der Waals surface area contributed by atoms with Gasteiger partial charge in [-0.2, -0.15) is 0 Å². The van der Waals surface area contributed by atoms with Crippen LogP contribution in [0, 0.1) is 12.8 Å². The highest BCUT2D eigenvalue weighted by Crippen LogP contribution is 2.28. The average molecular weight is 250 g/mol. The Hall–Kier alpha value is -1.69. The topological polar surface area (TPSA) is 92.3 Å². The lowest BCUT2D eigenvalue weighted by Gasteiger charge is -2.20. The largest absolute Gasteiger partial charge is 0.388 e. The predicted molar refractivity (Wildman–Crippen MR) is 66.9 cm³/mol. The fourth-order valence-electron chi connectivity index (χ4n) is 2.15. The van der Waals surface area contributed by atoms with E-state index in [1.807, 2.05) is 6.92 Å². The van der Waals surface area contributed by atoms with Crippen LogP contribution in [0.3, 0.4) is 0 Å². The number of likely N-dealkylation sites (tertiary alicyclic amines) is 1. The van der Waals surface area contributed by atoms with Crippen LogP contribution in [0.25, 0.3) is 0 Å². The van der Waals surface area contributed by atoms with E-state index < -0.39 is 5.60 Å². The second kappa shape index (κ2) is 4.20. The molecule has 1 saturated heterocycles. The standard InChI is InChI=1S/C12H18N4O2/c1-7-5-16(6-12(7,3)18)10(17)9-4-14-11(13)15-8(9)2/h4,7,18H,5-6H2,1-3H3,(H2,13,14,15)/t7-,12+/m1/s1. The van der Waals surface area contributed by atoms with Crippen molar-refractivity contribution in [2.24, 2.45) is 5.92 Å². The highest BCUT2D eigenvalue weighted by Gasteiger charge is 2.41. The molecular formula is C12H18N4O2. The zero-order chi connectivity index (χ0) is 13.5. The summed E-state index contributed by atoms with van der Waals surface area (Å²) in [5.41, 5.74) is 5.62. The van der Waals surface area contributed by atoms with Crippen molar-refractivity contribution in [1.82, 2.24) is 14.9 Å². The van der Waals surface area contributed by atoms with E-state index in [0.717, 1.165) is 0 Å². The minimum Gasteiger partial charge on any atom is -0.388 e. The van der Waals surface area contributed by atoms with E-state index in [0.29, 0.717) is 24.3 Å². The van der Waals surface area contributed by atoms with Crippen LogP contribution in [0.1, 0.15) is 29.9 Å². The molecule has 2 atom stereocenters. The number of nitrogen functional groups attached to an aromatic ring is 1. The first-order valence-electron chi connectivity index (χ1n) is 5.92. The van der Waals surface area contributed by atoms with Crippen LogP contribution >= 0.6 is 0 Å². The van der Waals surface area contributed by atoms with Crippen molar-refractivity contribution in [3.05, 3.63) is 17.5 Å². The van der Waals surface area contributed by atoms with Gasteiger partial charge < -0.3 is 15.7 Å². The van der Waals surface area contributed by atoms with E-state index in [9.17, 15) is 9.90 Å². The van der Waals surface area contributed by atoms with Gasteiger partial charge in [0.15, 0.2) is 0 Å². The number of aryl methyl sites for hydroxylation is 1. The zero-order valence-corrected chi connectivity index (χ0v) is 10.8. The van der Waals surface area contributed by atoms with E-state index in [4.69, 9.17) is 5.73 Å². The van der Waals surface area contributed by atoms with Gasteiger partial charge in [0.25, 0.3) is 5.91 Å².